The van der Waals surface area contributed by atoms with Crippen molar-refractivity contribution in [1.29, 1.82) is 0 Å². The fraction of sp³-hybridized carbons (Fsp3) is 1.00. The number of hydrogen-bond donors (Lipinski definition) is 0. The Balaban J connectivity index is -0.000000140. The van der Waals surface area contributed by atoms with Crippen molar-refractivity contribution in [3.63, 3.8) is 0 Å². The Labute approximate surface area is 115 Å². The van der Waals surface area contributed by atoms with Crippen molar-refractivity contribution in [2.24, 2.45) is 0 Å². The molecule has 10 heteroatoms. The molecule has 2 atom stereocenters. The summed E-state index contributed by atoms with van der Waals surface area (Å²) in [5, 5.41) is 0.194. The predicted octanol–water partition coefficient (Wildman–Crippen LogP) is 0.0791. The third kappa shape index (κ3) is 33.0. The zero-order valence-electron chi connectivity index (χ0n) is 5.11. The van der Waals surface area contributed by atoms with Gasteiger partial charge < -0.3 is 9.79 Å². The van der Waals surface area contributed by atoms with Gasteiger partial charge in [0.1, 0.15) is 4.31 Å². The summed E-state index contributed by atoms with van der Waals surface area (Å²) >= 11 is 9.53. The molecular weight excluding hydrogens is 362 g/mol. The third-order valence-electron chi connectivity index (χ3n) is 0.133. The van der Waals surface area contributed by atoms with Gasteiger partial charge in [-0.05, 0) is 9.13 Å². The molecule has 0 aromatic carbocycles. The Kier molecular flexibility index (Phi) is 25.3. The van der Waals surface area contributed by atoms with Crippen LogP contribution in [0.2, 0.25) is 0 Å². The van der Waals surface area contributed by atoms with E-state index in [1.807, 2.05) is 0 Å². The Morgan fingerprint density at radius 1 is 1.18 bits per heavy atom. The van der Waals surface area contributed by atoms with Gasteiger partial charge in [-0.15, -0.1) is 23.2 Å². The molecule has 0 saturated heterocycles. The molecule has 0 heterocycles. The van der Waals surface area contributed by atoms with Crippen LogP contribution in [0.3, 0.4) is 0 Å². The molecule has 0 fully saturated rings. The Morgan fingerprint density at radius 3 is 1.36 bits per heavy atom. The summed E-state index contributed by atoms with van der Waals surface area (Å²) in [6.07, 6.45) is 0. The average molecular weight is 364 g/mol. The second-order valence-corrected chi connectivity index (χ2v) is 2.99. The summed E-state index contributed by atoms with van der Waals surface area (Å²) in [6.45, 7) is 0. The number of alkyl halides is 2. The third-order valence-corrected chi connectivity index (χ3v) is 1.20. The number of hydrogen-bond acceptors (Lipinski definition) is 5. The normalized spacial score (nSPS) is 10.2. The monoisotopic (exact) mass is 364 g/mol. The van der Waals surface area contributed by atoms with Crippen LogP contribution in [0.5, 0.6) is 0 Å². The van der Waals surface area contributed by atoms with Crippen LogP contribution in [0.4, 0.5) is 0 Å². The second-order valence-electron chi connectivity index (χ2n) is 0.630. The summed E-state index contributed by atoms with van der Waals surface area (Å²) < 4.78 is 21.6. The average Bonchev–Trinajstić information content (AvgIpc) is 1.62. The molecule has 0 amide bonds. The first-order valence-electron chi connectivity index (χ1n) is 1.63. The van der Waals surface area contributed by atoms with Gasteiger partial charge in [-0.2, -0.15) is 0 Å². The molecule has 0 N–H and O–H groups in total. The minimum atomic E-state index is -3.24. The zero-order chi connectivity index (χ0) is 8.57. The zero-order valence-corrected chi connectivity index (χ0v) is 12.8. The maximum Gasteiger partial charge on any atom is 2.00 e. The Morgan fingerprint density at radius 2 is 1.36 bits per heavy atom. The van der Waals surface area contributed by atoms with E-state index in [-0.39, 0.29) is 54.2 Å². The summed E-state index contributed by atoms with van der Waals surface area (Å²) in [5.74, 6) is 0. The van der Waals surface area contributed by atoms with Crippen molar-refractivity contribution in [2.75, 3.05) is 5.34 Å². The van der Waals surface area contributed by atoms with Crippen LogP contribution in [0, 0.1) is 0 Å². The largest absolute Gasteiger partial charge is 2.00 e. The van der Waals surface area contributed by atoms with Crippen molar-refractivity contribution in [1.82, 2.24) is 0 Å². The Hall–Kier alpha value is 2.23. The van der Waals surface area contributed by atoms with Gasteiger partial charge in [0.25, 0.3) is 0 Å². The van der Waals surface area contributed by atoms with E-state index in [4.69, 9.17) is 23.2 Å². The smallest absolute Gasteiger partial charge is 0.563 e. The van der Waals surface area contributed by atoms with Crippen molar-refractivity contribution in [3.05, 3.63) is 0 Å². The van der Waals surface area contributed by atoms with Crippen molar-refractivity contribution >= 4 is 88.6 Å². The molecule has 0 aliphatic rings. The van der Waals surface area contributed by atoms with Gasteiger partial charge in [-0.3, -0.25) is 0 Å². The Bertz CT molecular complexity index is 109. The first-order valence-corrected chi connectivity index (χ1v) is 4.89. The van der Waals surface area contributed by atoms with Crippen molar-refractivity contribution in [3.8, 4) is 0 Å². The minimum Gasteiger partial charge on any atom is -0.563 e. The molecule has 60 valence electrons. The van der Waals surface area contributed by atoms with E-state index < -0.39 is 16.5 Å². The molecule has 0 radical (unpaired) electrons. The standard InChI is InChI=1S/CH2Cl2.Ba.O5P2/c2-1-3;;1-6(2)5-7(3)4/h1H2;;/q;+2;. The molecule has 0 aliphatic carbocycles. The molecule has 5 nitrogen and oxygen atoms in total. The summed E-state index contributed by atoms with van der Waals surface area (Å²) in [7, 11) is -6.47. The summed E-state index contributed by atoms with van der Waals surface area (Å²) in [5.41, 5.74) is 0. The van der Waals surface area contributed by atoms with E-state index in [0.29, 0.717) is 0 Å². The first-order chi connectivity index (χ1) is 4.54. The second kappa shape index (κ2) is 14.7. The molecular formula is CH2BaCl2O5P2+2. The van der Waals surface area contributed by atoms with Gasteiger partial charge in [-0.25, -0.2) is 0 Å². The van der Waals surface area contributed by atoms with Gasteiger partial charge in [0, 0.05) is 0 Å². The molecule has 0 bridgehead atoms. The molecule has 0 rings (SSSR count). The van der Waals surface area contributed by atoms with Crippen molar-refractivity contribution < 1.29 is 23.2 Å². The molecule has 0 spiro atoms. The fourth-order valence-corrected chi connectivity index (χ4v) is 0.490. The van der Waals surface area contributed by atoms with Gasteiger partial charge in [0.15, 0.2) is 0 Å². The van der Waals surface area contributed by atoms with Gasteiger partial charge in [0.2, 0.25) is 0 Å². The SMILES string of the molecule is ClCCl.O=[P+]([O-])O[P+](=O)[O-].[Ba+2]. The molecule has 0 aromatic rings. The maximum atomic E-state index is 9.24. The van der Waals surface area contributed by atoms with E-state index in [0.717, 1.165) is 0 Å². The predicted molar refractivity (Wildman–Crippen MR) is 38.6 cm³/mol. The van der Waals surface area contributed by atoms with Crippen LogP contribution in [-0.4, -0.2) is 54.2 Å². The van der Waals surface area contributed by atoms with Crippen LogP contribution in [0.1, 0.15) is 0 Å². The van der Waals surface area contributed by atoms with Crippen LogP contribution in [0.25, 0.3) is 0 Å². The maximum absolute atomic E-state index is 9.24. The quantitative estimate of drug-likeness (QED) is 0.393. The van der Waals surface area contributed by atoms with Gasteiger partial charge in [0.05, 0.1) is 5.34 Å². The van der Waals surface area contributed by atoms with Gasteiger partial charge >= 0.3 is 65.4 Å². The van der Waals surface area contributed by atoms with E-state index in [9.17, 15) is 18.9 Å². The van der Waals surface area contributed by atoms with E-state index >= 15 is 0 Å². The summed E-state index contributed by atoms with van der Waals surface area (Å²) in [4.78, 5) is 18.5. The van der Waals surface area contributed by atoms with E-state index in [2.05, 4.69) is 4.31 Å². The fourth-order valence-electron chi connectivity index (χ4n) is 0.0544. The van der Waals surface area contributed by atoms with Crippen LogP contribution >= 0.6 is 39.7 Å². The van der Waals surface area contributed by atoms with Gasteiger partial charge in [-0.1, -0.05) is 0 Å². The molecule has 11 heavy (non-hydrogen) atoms. The molecule has 0 aromatic heterocycles. The van der Waals surface area contributed by atoms with Crippen LogP contribution < -0.4 is 9.79 Å². The summed E-state index contributed by atoms with van der Waals surface area (Å²) in [6, 6.07) is 0. The van der Waals surface area contributed by atoms with E-state index in [1.165, 1.54) is 0 Å². The first kappa shape index (κ1) is 18.9. The van der Waals surface area contributed by atoms with Crippen LogP contribution in [-0.2, 0) is 13.4 Å². The van der Waals surface area contributed by atoms with E-state index in [1.54, 1.807) is 0 Å². The number of rotatable bonds is 2. The molecule has 0 aliphatic heterocycles. The number of halogens is 2. The van der Waals surface area contributed by atoms with Crippen LogP contribution in [0.15, 0.2) is 0 Å². The molecule has 2 unspecified atom stereocenters. The molecule has 0 saturated carbocycles. The van der Waals surface area contributed by atoms with Crippen molar-refractivity contribution in [2.45, 2.75) is 0 Å². The minimum absolute atomic E-state index is 0. The topological polar surface area (TPSA) is 89.5 Å².